The highest BCUT2D eigenvalue weighted by atomic mass is 19.4. The van der Waals surface area contributed by atoms with Crippen LogP contribution in [0.1, 0.15) is 11.4 Å². The van der Waals surface area contributed by atoms with Crippen LogP contribution >= 0.6 is 0 Å². The number of hydrogen-bond acceptors (Lipinski definition) is 5. The summed E-state index contributed by atoms with van der Waals surface area (Å²) < 4.78 is 51.0. The maximum atomic E-state index is 13.3. The Balaban J connectivity index is 1.56. The highest BCUT2D eigenvalue weighted by Gasteiger charge is 2.43. The summed E-state index contributed by atoms with van der Waals surface area (Å²) in [6, 6.07) is 2.15. The summed E-state index contributed by atoms with van der Waals surface area (Å²) in [5.74, 6) is 0.747. The van der Waals surface area contributed by atoms with Crippen molar-refractivity contribution in [3.63, 3.8) is 0 Å². The van der Waals surface area contributed by atoms with E-state index in [1.165, 1.54) is 24.7 Å². The largest absolute Gasteiger partial charge is 0.418 e. The molecule has 1 aliphatic rings. The number of ether oxygens (including phenoxy) is 1. The average Bonchev–Trinajstić information content (AvgIpc) is 3.37. The Morgan fingerprint density at radius 1 is 1.27 bits per heavy atom. The molecule has 0 radical (unpaired) electrons. The number of fused-ring (bicyclic) bond motifs is 1. The van der Waals surface area contributed by atoms with Crippen molar-refractivity contribution in [3.05, 3.63) is 65.1 Å². The van der Waals surface area contributed by atoms with Crippen molar-refractivity contribution >= 4 is 5.52 Å². The molecule has 5 rings (SSSR count). The van der Waals surface area contributed by atoms with E-state index < -0.39 is 23.0 Å². The van der Waals surface area contributed by atoms with E-state index in [0.29, 0.717) is 25.3 Å². The van der Waals surface area contributed by atoms with Crippen molar-refractivity contribution in [2.24, 2.45) is 7.05 Å². The lowest BCUT2D eigenvalue weighted by molar-refractivity contribution is -0.136. The summed E-state index contributed by atoms with van der Waals surface area (Å²) in [6.07, 6.45) is 3.11. The first-order valence-corrected chi connectivity index (χ1v) is 9.05. The number of halogens is 3. The molecule has 1 aliphatic heterocycles. The van der Waals surface area contributed by atoms with Gasteiger partial charge in [0.2, 0.25) is 0 Å². The normalized spacial score (nSPS) is 16.1. The summed E-state index contributed by atoms with van der Waals surface area (Å²) in [4.78, 5) is 12.7. The summed E-state index contributed by atoms with van der Waals surface area (Å²) in [7, 11) is 1.83. The number of imidazole rings is 1. The Hall–Kier alpha value is -3.41. The molecule has 0 amide bonds. The molecule has 0 spiro atoms. The Kier molecular flexibility index (Phi) is 3.90. The van der Waals surface area contributed by atoms with E-state index in [0.717, 1.165) is 20.9 Å². The SMILES string of the molecule is Cn1cnnc1CC1(n2cc(-n3cc4c(C(F)(F)F)cccn4c3=O)cn2)COC1. The minimum atomic E-state index is -4.57. The van der Waals surface area contributed by atoms with Crippen LogP contribution in [0.4, 0.5) is 13.2 Å². The first-order chi connectivity index (χ1) is 14.3. The van der Waals surface area contributed by atoms with Crippen LogP contribution in [0.15, 0.2) is 48.0 Å². The lowest BCUT2D eigenvalue weighted by Crippen LogP contribution is -2.54. The molecule has 0 atom stereocenters. The van der Waals surface area contributed by atoms with E-state index >= 15 is 0 Å². The van der Waals surface area contributed by atoms with Crippen LogP contribution < -0.4 is 5.69 Å². The minimum absolute atomic E-state index is 0.219. The Morgan fingerprint density at radius 3 is 2.70 bits per heavy atom. The van der Waals surface area contributed by atoms with Gasteiger partial charge in [0.1, 0.15) is 17.7 Å². The first kappa shape index (κ1) is 18.6. The zero-order valence-corrected chi connectivity index (χ0v) is 15.7. The van der Waals surface area contributed by atoms with Crippen LogP contribution in [0.25, 0.3) is 11.2 Å². The van der Waals surface area contributed by atoms with Gasteiger partial charge >= 0.3 is 11.9 Å². The minimum Gasteiger partial charge on any atom is -0.376 e. The average molecular weight is 419 g/mol. The van der Waals surface area contributed by atoms with Gasteiger partial charge in [-0.05, 0) is 12.1 Å². The third kappa shape index (κ3) is 2.75. The van der Waals surface area contributed by atoms with E-state index in [-0.39, 0.29) is 5.52 Å². The van der Waals surface area contributed by atoms with Gasteiger partial charge in [-0.15, -0.1) is 10.2 Å². The van der Waals surface area contributed by atoms with Crippen molar-refractivity contribution in [1.29, 1.82) is 0 Å². The Morgan fingerprint density at radius 2 is 2.07 bits per heavy atom. The number of nitrogens with zero attached hydrogens (tertiary/aromatic N) is 7. The maximum Gasteiger partial charge on any atom is 0.418 e. The first-order valence-electron chi connectivity index (χ1n) is 9.05. The number of pyridine rings is 1. The molecular formula is C18H16F3N7O2. The molecule has 0 bridgehead atoms. The second kappa shape index (κ2) is 6.29. The number of aryl methyl sites for hydroxylation is 1. The lowest BCUT2D eigenvalue weighted by atomic mass is 9.93. The summed E-state index contributed by atoms with van der Waals surface area (Å²) in [5.41, 5.74) is -1.84. The fourth-order valence-electron chi connectivity index (χ4n) is 3.65. The van der Waals surface area contributed by atoms with Crippen LogP contribution in [0.5, 0.6) is 0 Å². The van der Waals surface area contributed by atoms with Crippen molar-refractivity contribution in [2.45, 2.75) is 18.1 Å². The molecule has 0 unspecified atom stereocenters. The van der Waals surface area contributed by atoms with Crippen LogP contribution in [0, 0.1) is 0 Å². The molecular weight excluding hydrogens is 403 g/mol. The molecule has 0 N–H and O–H groups in total. The molecule has 12 heteroatoms. The molecule has 0 aliphatic carbocycles. The predicted molar refractivity (Wildman–Crippen MR) is 97.3 cm³/mol. The number of aromatic nitrogens is 7. The standard InChI is InChI=1S/C18H16F3N7O2/c1-25-11-22-24-15(25)5-17(9-30-10-17)28-7-12(6-23-28)27-8-14-13(18(19,20)21)3-2-4-26(14)16(27)29/h2-4,6-8,11H,5,9-10H2,1H3. The smallest absolute Gasteiger partial charge is 0.376 e. The number of rotatable bonds is 4. The van der Waals surface area contributed by atoms with Gasteiger partial charge in [0, 0.05) is 32.1 Å². The van der Waals surface area contributed by atoms with Gasteiger partial charge in [-0.25, -0.2) is 4.79 Å². The van der Waals surface area contributed by atoms with Crippen molar-refractivity contribution in [2.75, 3.05) is 13.2 Å². The fourth-order valence-corrected chi connectivity index (χ4v) is 3.65. The fraction of sp³-hybridized carbons (Fsp3) is 0.333. The zero-order chi connectivity index (χ0) is 21.1. The zero-order valence-electron chi connectivity index (χ0n) is 15.7. The molecule has 0 saturated carbocycles. The maximum absolute atomic E-state index is 13.3. The summed E-state index contributed by atoms with van der Waals surface area (Å²) in [5, 5.41) is 12.3. The highest BCUT2D eigenvalue weighted by molar-refractivity contribution is 5.56. The van der Waals surface area contributed by atoms with Gasteiger partial charge in [-0.3, -0.25) is 13.6 Å². The van der Waals surface area contributed by atoms with E-state index in [1.54, 1.807) is 21.8 Å². The van der Waals surface area contributed by atoms with E-state index in [1.807, 2.05) is 7.05 Å². The second-order valence-electron chi connectivity index (χ2n) is 7.35. The predicted octanol–water partition coefficient (Wildman–Crippen LogP) is 1.40. The van der Waals surface area contributed by atoms with E-state index in [4.69, 9.17) is 4.74 Å². The molecule has 4 aromatic rings. The molecule has 1 saturated heterocycles. The Bertz CT molecular complexity index is 1290. The third-order valence-electron chi connectivity index (χ3n) is 5.37. The third-order valence-corrected chi connectivity index (χ3v) is 5.37. The molecule has 5 heterocycles. The van der Waals surface area contributed by atoms with Crippen LogP contribution in [-0.4, -0.2) is 46.7 Å². The number of alkyl halides is 3. The number of hydrogen-bond donors (Lipinski definition) is 0. The summed E-state index contributed by atoms with van der Waals surface area (Å²) in [6.45, 7) is 0.789. The van der Waals surface area contributed by atoms with Gasteiger partial charge in [0.15, 0.2) is 0 Å². The summed E-state index contributed by atoms with van der Waals surface area (Å²) >= 11 is 0. The van der Waals surface area contributed by atoms with E-state index in [9.17, 15) is 18.0 Å². The van der Waals surface area contributed by atoms with Crippen molar-refractivity contribution < 1.29 is 17.9 Å². The molecule has 30 heavy (non-hydrogen) atoms. The van der Waals surface area contributed by atoms with Gasteiger partial charge in [0.05, 0.1) is 36.2 Å². The van der Waals surface area contributed by atoms with Crippen molar-refractivity contribution in [3.8, 4) is 5.69 Å². The van der Waals surface area contributed by atoms with Crippen LogP contribution in [0.3, 0.4) is 0 Å². The molecule has 0 aromatic carbocycles. The van der Waals surface area contributed by atoms with Crippen LogP contribution in [0.2, 0.25) is 0 Å². The van der Waals surface area contributed by atoms with Gasteiger partial charge in [-0.1, -0.05) is 0 Å². The molecule has 9 nitrogen and oxygen atoms in total. The highest BCUT2D eigenvalue weighted by Crippen LogP contribution is 2.33. The van der Waals surface area contributed by atoms with E-state index in [2.05, 4.69) is 15.3 Å². The lowest BCUT2D eigenvalue weighted by Gasteiger charge is -2.41. The molecule has 156 valence electrons. The monoisotopic (exact) mass is 419 g/mol. The van der Waals surface area contributed by atoms with Gasteiger partial charge in [0.25, 0.3) is 0 Å². The Labute approximate surface area is 166 Å². The van der Waals surface area contributed by atoms with Crippen LogP contribution in [-0.2, 0) is 29.9 Å². The quantitative estimate of drug-likeness (QED) is 0.499. The van der Waals surface area contributed by atoms with Gasteiger partial charge < -0.3 is 9.30 Å². The second-order valence-corrected chi connectivity index (χ2v) is 7.35. The molecule has 1 fully saturated rings. The molecule has 4 aromatic heterocycles. The topological polar surface area (TPSA) is 84.2 Å². The van der Waals surface area contributed by atoms with Crippen molar-refractivity contribution in [1.82, 2.24) is 33.5 Å². The van der Waals surface area contributed by atoms with Gasteiger partial charge in [-0.2, -0.15) is 18.3 Å².